The number of nitrogens with one attached hydrogen (secondary N) is 2. The maximum absolute atomic E-state index is 4.23. The average molecular weight is 384 g/mol. The predicted molar refractivity (Wildman–Crippen MR) is 123 cm³/mol. The molecule has 0 unspecified atom stereocenters. The molecule has 0 spiro atoms. The monoisotopic (exact) mass is 383 g/mol. The van der Waals surface area contributed by atoms with Crippen molar-refractivity contribution in [2.24, 2.45) is 0 Å². The van der Waals surface area contributed by atoms with Crippen molar-refractivity contribution in [1.29, 1.82) is 0 Å². The molecule has 0 aromatic heterocycles. The summed E-state index contributed by atoms with van der Waals surface area (Å²) in [4.78, 5) is 2.54. The van der Waals surface area contributed by atoms with E-state index in [-0.39, 0.29) is 0 Å². The van der Waals surface area contributed by atoms with E-state index in [4.69, 9.17) is 0 Å². The minimum atomic E-state index is 0.464. The van der Waals surface area contributed by atoms with Gasteiger partial charge in [-0.3, -0.25) is 4.90 Å². The highest BCUT2D eigenvalue weighted by Crippen LogP contribution is 2.28. The zero-order valence-electron chi connectivity index (χ0n) is 16.9. The topological polar surface area (TPSA) is 27.3 Å². The Labute approximate surface area is 174 Å². The normalized spacial score (nSPS) is 15.0. The van der Waals surface area contributed by atoms with E-state index in [2.05, 4.69) is 101 Å². The lowest BCUT2D eigenvalue weighted by Gasteiger charge is -2.33. The van der Waals surface area contributed by atoms with Crippen LogP contribution in [0.25, 0.3) is 11.1 Å². The Hall–Kier alpha value is -3.04. The van der Waals surface area contributed by atoms with Gasteiger partial charge in [-0.05, 0) is 30.0 Å². The van der Waals surface area contributed by atoms with Crippen molar-refractivity contribution >= 4 is 5.69 Å². The first-order valence-corrected chi connectivity index (χ1v) is 10.4. The molecule has 3 heteroatoms. The third kappa shape index (κ3) is 5.27. The number of hydrogen-bond donors (Lipinski definition) is 2. The third-order valence-corrected chi connectivity index (χ3v) is 5.51. The number of anilines is 1. The maximum atomic E-state index is 4.23. The number of para-hydroxylation sites is 1. The van der Waals surface area contributed by atoms with Crippen molar-refractivity contribution in [3.8, 4) is 11.1 Å². The number of rotatable bonds is 7. The molecule has 2 N–H and O–H groups in total. The van der Waals surface area contributed by atoms with Gasteiger partial charge in [0.15, 0.2) is 0 Å². The number of hydrogen-bond acceptors (Lipinski definition) is 3. The van der Waals surface area contributed by atoms with E-state index in [0.717, 1.165) is 44.0 Å². The summed E-state index contributed by atoms with van der Waals surface area (Å²) >= 11 is 0. The van der Waals surface area contributed by atoms with E-state index in [1.165, 1.54) is 16.7 Å². The Morgan fingerprint density at radius 3 is 2.17 bits per heavy atom. The largest absolute Gasteiger partial charge is 0.369 e. The highest BCUT2D eigenvalue weighted by Gasteiger charge is 2.19. The first-order chi connectivity index (χ1) is 14.3. The van der Waals surface area contributed by atoms with E-state index < -0.39 is 0 Å². The lowest BCUT2D eigenvalue weighted by Crippen LogP contribution is -2.42. The van der Waals surface area contributed by atoms with Crippen LogP contribution >= 0.6 is 0 Å². The molecule has 1 heterocycles. The number of benzene rings is 3. The van der Waals surface area contributed by atoms with Crippen molar-refractivity contribution < 1.29 is 0 Å². The summed E-state index contributed by atoms with van der Waals surface area (Å²) in [5.41, 5.74) is 4.87. The molecule has 1 fully saturated rings. The molecule has 0 saturated carbocycles. The van der Waals surface area contributed by atoms with Crippen molar-refractivity contribution in [3.05, 3.63) is 103 Å². The quantitative estimate of drug-likeness (QED) is 0.565. The number of likely N-dealkylation sites (tertiary alicyclic amines) is 1. The molecule has 29 heavy (non-hydrogen) atoms. The van der Waals surface area contributed by atoms with Gasteiger partial charge in [0.25, 0.3) is 0 Å². The van der Waals surface area contributed by atoms with Gasteiger partial charge in [-0.2, -0.15) is 0 Å². The summed E-state index contributed by atoms with van der Waals surface area (Å²) in [5, 5.41) is 7.09. The Balaban J connectivity index is 1.30. The smallest absolute Gasteiger partial charge is 0.0959 e. The highest BCUT2D eigenvalue weighted by atomic mass is 15.2. The standard InChI is InChI=1S/C26H29N3/c1-21(28-26-15-9-8-14-25(26)23-12-6-3-7-13-23)27-24-16-18-29(19-17-24)20-22-10-4-2-5-11-22/h2-15,24,27-28H,1,16-20H2. The second kappa shape index (κ2) is 9.44. The van der Waals surface area contributed by atoms with Gasteiger partial charge in [-0.25, -0.2) is 0 Å². The SMILES string of the molecule is C=C(Nc1ccccc1-c1ccccc1)NC1CCN(Cc2ccccc2)CC1. The van der Waals surface area contributed by atoms with E-state index in [1.54, 1.807) is 0 Å². The zero-order chi connectivity index (χ0) is 19.9. The van der Waals surface area contributed by atoms with E-state index in [1.807, 2.05) is 6.07 Å². The fourth-order valence-electron chi connectivity index (χ4n) is 3.98. The van der Waals surface area contributed by atoms with Crippen LogP contribution in [0.5, 0.6) is 0 Å². The van der Waals surface area contributed by atoms with Gasteiger partial charge in [0, 0.05) is 36.9 Å². The van der Waals surface area contributed by atoms with Gasteiger partial charge in [-0.1, -0.05) is 85.4 Å². The van der Waals surface area contributed by atoms with Gasteiger partial charge >= 0.3 is 0 Å². The van der Waals surface area contributed by atoms with Crippen molar-refractivity contribution in [1.82, 2.24) is 10.2 Å². The second-order valence-electron chi connectivity index (χ2n) is 7.70. The number of piperidine rings is 1. The fourth-order valence-corrected chi connectivity index (χ4v) is 3.98. The molecule has 0 amide bonds. The molecule has 0 atom stereocenters. The molecule has 1 saturated heterocycles. The molecule has 4 rings (SSSR count). The van der Waals surface area contributed by atoms with E-state index in [9.17, 15) is 0 Å². The van der Waals surface area contributed by atoms with Crippen LogP contribution in [0, 0.1) is 0 Å². The fraction of sp³-hybridized carbons (Fsp3) is 0.231. The molecule has 1 aliphatic heterocycles. The molecular formula is C26H29N3. The van der Waals surface area contributed by atoms with E-state index >= 15 is 0 Å². The summed E-state index contributed by atoms with van der Waals surface area (Å²) in [7, 11) is 0. The van der Waals surface area contributed by atoms with Crippen LogP contribution in [-0.2, 0) is 6.54 Å². The Bertz CT molecular complexity index is 913. The van der Waals surface area contributed by atoms with Crippen molar-refractivity contribution in [2.75, 3.05) is 18.4 Å². The first-order valence-electron chi connectivity index (χ1n) is 10.4. The molecular weight excluding hydrogens is 354 g/mol. The second-order valence-corrected chi connectivity index (χ2v) is 7.70. The number of nitrogens with zero attached hydrogens (tertiary/aromatic N) is 1. The molecule has 3 aromatic rings. The van der Waals surface area contributed by atoms with E-state index in [0.29, 0.717) is 6.04 Å². The van der Waals surface area contributed by atoms with Crippen LogP contribution in [0.1, 0.15) is 18.4 Å². The highest BCUT2D eigenvalue weighted by molar-refractivity contribution is 5.78. The average Bonchev–Trinajstić information content (AvgIpc) is 2.77. The lowest BCUT2D eigenvalue weighted by molar-refractivity contribution is 0.195. The minimum Gasteiger partial charge on any atom is -0.369 e. The molecule has 3 aromatic carbocycles. The molecule has 1 aliphatic rings. The van der Waals surface area contributed by atoms with Crippen molar-refractivity contribution in [2.45, 2.75) is 25.4 Å². The van der Waals surface area contributed by atoms with Crippen LogP contribution in [0.4, 0.5) is 5.69 Å². The van der Waals surface area contributed by atoms with Crippen LogP contribution in [-0.4, -0.2) is 24.0 Å². The van der Waals surface area contributed by atoms with Gasteiger partial charge in [-0.15, -0.1) is 0 Å². The third-order valence-electron chi connectivity index (χ3n) is 5.51. The molecule has 3 nitrogen and oxygen atoms in total. The molecule has 148 valence electrons. The predicted octanol–water partition coefficient (Wildman–Crippen LogP) is 5.49. The summed E-state index contributed by atoms with van der Waals surface area (Å²) in [6.07, 6.45) is 2.27. The Kier molecular flexibility index (Phi) is 6.28. The maximum Gasteiger partial charge on any atom is 0.0959 e. The van der Waals surface area contributed by atoms with Crippen LogP contribution in [0.15, 0.2) is 97.3 Å². The summed E-state index contributed by atoms with van der Waals surface area (Å²) in [5.74, 6) is 0.870. The first kappa shape index (κ1) is 19.3. The Morgan fingerprint density at radius 1 is 0.828 bits per heavy atom. The minimum absolute atomic E-state index is 0.464. The van der Waals surface area contributed by atoms with Crippen LogP contribution < -0.4 is 10.6 Å². The Morgan fingerprint density at radius 2 is 1.45 bits per heavy atom. The molecule has 0 radical (unpaired) electrons. The van der Waals surface area contributed by atoms with Gasteiger partial charge in [0.05, 0.1) is 5.82 Å². The molecule has 0 bridgehead atoms. The van der Waals surface area contributed by atoms with Crippen LogP contribution in [0.3, 0.4) is 0 Å². The lowest BCUT2D eigenvalue weighted by atomic mass is 10.0. The summed E-state index contributed by atoms with van der Waals surface area (Å²) in [6, 6.07) is 30.0. The van der Waals surface area contributed by atoms with Gasteiger partial charge < -0.3 is 10.6 Å². The van der Waals surface area contributed by atoms with Crippen LogP contribution in [0.2, 0.25) is 0 Å². The molecule has 0 aliphatic carbocycles. The summed E-state index contributed by atoms with van der Waals surface area (Å²) in [6.45, 7) is 7.49. The van der Waals surface area contributed by atoms with Crippen molar-refractivity contribution in [3.63, 3.8) is 0 Å². The van der Waals surface area contributed by atoms with Gasteiger partial charge in [0.2, 0.25) is 0 Å². The summed E-state index contributed by atoms with van der Waals surface area (Å²) < 4.78 is 0. The zero-order valence-corrected chi connectivity index (χ0v) is 16.9. The van der Waals surface area contributed by atoms with Gasteiger partial charge in [0.1, 0.15) is 0 Å².